The third kappa shape index (κ3) is 4.47. The number of para-hydroxylation sites is 1. The van der Waals surface area contributed by atoms with E-state index in [0.717, 1.165) is 31.1 Å². The molecule has 6 rings (SSSR count). The summed E-state index contributed by atoms with van der Waals surface area (Å²) >= 11 is 0. The fourth-order valence-electron chi connectivity index (χ4n) is 5.46. The second-order valence-electron chi connectivity index (χ2n) is 8.45. The molecule has 4 aromatic rings. The van der Waals surface area contributed by atoms with Crippen LogP contribution in [0, 0.1) is 0 Å². The first-order chi connectivity index (χ1) is 15.6. The summed E-state index contributed by atoms with van der Waals surface area (Å²) in [6.45, 7) is 0. The van der Waals surface area contributed by atoms with E-state index < -0.39 is 6.43 Å². The maximum absolute atomic E-state index is 13.8. The van der Waals surface area contributed by atoms with E-state index >= 15 is 0 Å². The van der Waals surface area contributed by atoms with Gasteiger partial charge >= 0.3 is 0 Å². The third-order valence-electron chi connectivity index (χ3n) is 6.82. The molecule has 1 aromatic carbocycles. The van der Waals surface area contributed by atoms with Crippen LogP contribution in [0.4, 0.5) is 8.78 Å². The first kappa shape index (κ1) is 27.2. The summed E-state index contributed by atoms with van der Waals surface area (Å²) in [5.74, 6) is -0.0103. The second kappa shape index (κ2) is 10.7. The molecule has 2 aliphatic heterocycles. The lowest BCUT2D eigenvalue weighted by atomic mass is 9.86. The van der Waals surface area contributed by atoms with Gasteiger partial charge in [-0.05, 0) is 43.9 Å². The van der Waals surface area contributed by atoms with Crippen molar-refractivity contribution in [2.75, 3.05) is 0 Å². The van der Waals surface area contributed by atoms with Crippen molar-refractivity contribution in [2.24, 2.45) is 0 Å². The number of halogens is 2. The molecule has 35 heavy (non-hydrogen) atoms. The molecule has 0 unspecified atom stereocenters. The Balaban J connectivity index is 0.00000114. The van der Waals surface area contributed by atoms with Gasteiger partial charge in [-0.1, -0.05) is 18.2 Å². The van der Waals surface area contributed by atoms with Gasteiger partial charge in [-0.3, -0.25) is 9.78 Å². The lowest BCUT2D eigenvalue weighted by Crippen LogP contribution is -2.47. The SMILES string of the molecule is O=C(c1cccc2cccnc12)N1[C@H]2CC[C@H](c3cc(C(F)F)nc4ncnn34)[C@@H]1CC2.S.S.S. The van der Waals surface area contributed by atoms with Crippen LogP contribution in [0.15, 0.2) is 48.9 Å². The van der Waals surface area contributed by atoms with Crippen LogP contribution in [-0.4, -0.2) is 47.5 Å². The first-order valence-corrected chi connectivity index (χ1v) is 10.8. The Morgan fingerprint density at radius 1 is 1.00 bits per heavy atom. The van der Waals surface area contributed by atoms with E-state index in [0.29, 0.717) is 16.8 Å². The normalized spacial score (nSPS) is 20.9. The van der Waals surface area contributed by atoms with Crippen molar-refractivity contribution in [3.8, 4) is 0 Å². The predicted octanol–water partition coefficient (Wildman–Crippen LogP) is 4.50. The molecule has 12 heteroatoms. The van der Waals surface area contributed by atoms with Crippen LogP contribution in [0.5, 0.6) is 0 Å². The number of benzene rings is 1. The molecule has 0 aliphatic carbocycles. The molecule has 3 atom stereocenters. The molecule has 0 saturated carbocycles. The highest BCUT2D eigenvalue weighted by Gasteiger charge is 2.46. The van der Waals surface area contributed by atoms with Crippen LogP contribution in [0.1, 0.15) is 59.8 Å². The summed E-state index contributed by atoms with van der Waals surface area (Å²) in [5, 5.41) is 5.15. The van der Waals surface area contributed by atoms with E-state index in [1.807, 2.05) is 35.2 Å². The number of carbonyl (C=O) groups is 1. The van der Waals surface area contributed by atoms with Crippen molar-refractivity contribution < 1.29 is 13.6 Å². The van der Waals surface area contributed by atoms with E-state index in [4.69, 9.17) is 0 Å². The summed E-state index contributed by atoms with van der Waals surface area (Å²) in [6, 6.07) is 10.9. The Morgan fingerprint density at radius 3 is 2.57 bits per heavy atom. The molecule has 2 saturated heterocycles. The van der Waals surface area contributed by atoms with E-state index in [2.05, 4.69) is 20.1 Å². The molecule has 5 heterocycles. The lowest BCUT2D eigenvalue weighted by Gasteiger charge is -2.40. The van der Waals surface area contributed by atoms with Crippen molar-refractivity contribution in [3.05, 3.63) is 65.9 Å². The topological polar surface area (TPSA) is 76.3 Å². The fraction of sp³-hybridized carbons (Fsp3) is 0.348. The monoisotopic (exact) mass is 536 g/mol. The number of hydrogen-bond acceptors (Lipinski definition) is 5. The average molecular weight is 537 g/mol. The van der Waals surface area contributed by atoms with E-state index in [-0.39, 0.29) is 75.9 Å². The van der Waals surface area contributed by atoms with Gasteiger partial charge in [0.25, 0.3) is 18.1 Å². The Kier molecular flexibility index (Phi) is 8.28. The molecule has 3 aromatic heterocycles. The van der Waals surface area contributed by atoms with Crippen LogP contribution in [0.2, 0.25) is 0 Å². The number of fused-ring (bicyclic) bond motifs is 4. The molecule has 0 N–H and O–H groups in total. The maximum atomic E-state index is 13.8. The van der Waals surface area contributed by atoms with Gasteiger partial charge in [0.05, 0.1) is 16.8 Å². The lowest BCUT2D eigenvalue weighted by molar-refractivity contribution is 0.0555. The smallest absolute Gasteiger partial charge is 0.280 e. The number of amides is 1. The van der Waals surface area contributed by atoms with Crippen LogP contribution in [0.25, 0.3) is 16.7 Å². The van der Waals surface area contributed by atoms with Crippen molar-refractivity contribution in [1.82, 2.24) is 29.5 Å². The Morgan fingerprint density at radius 2 is 1.77 bits per heavy atom. The van der Waals surface area contributed by atoms with E-state index in [1.165, 1.54) is 16.9 Å². The quantitative estimate of drug-likeness (QED) is 0.385. The third-order valence-corrected chi connectivity index (χ3v) is 6.82. The highest BCUT2D eigenvalue weighted by Crippen LogP contribution is 2.45. The molecule has 0 radical (unpaired) electrons. The van der Waals surface area contributed by atoms with Gasteiger partial charge in [0.1, 0.15) is 12.0 Å². The zero-order valence-electron chi connectivity index (χ0n) is 18.6. The number of carbonyl (C=O) groups excluding carboxylic acids is 1. The van der Waals surface area contributed by atoms with Crippen LogP contribution < -0.4 is 0 Å². The summed E-state index contributed by atoms with van der Waals surface area (Å²) in [5.41, 5.74) is 1.59. The zero-order chi connectivity index (χ0) is 21.8. The summed E-state index contributed by atoms with van der Waals surface area (Å²) in [4.78, 5) is 28.1. The molecule has 7 nitrogen and oxygen atoms in total. The predicted molar refractivity (Wildman–Crippen MR) is 144 cm³/mol. The minimum absolute atomic E-state index is 0. The minimum Gasteiger partial charge on any atom is -0.332 e. The number of alkyl halides is 2. The number of pyridine rings is 1. The molecule has 0 spiro atoms. The Bertz CT molecular complexity index is 1350. The molecule has 2 aliphatic rings. The number of rotatable bonds is 3. The van der Waals surface area contributed by atoms with Gasteiger partial charge < -0.3 is 4.90 Å². The number of aromatic nitrogens is 5. The number of hydrogen-bond donors (Lipinski definition) is 0. The largest absolute Gasteiger partial charge is 0.332 e. The van der Waals surface area contributed by atoms with Gasteiger partial charge in [0, 0.05) is 29.6 Å². The summed E-state index contributed by atoms with van der Waals surface area (Å²) in [7, 11) is 0. The Labute approximate surface area is 221 Å². The van der Waals surface area contributed by atoms with Gasteiger partial charge in [0.15, 0.2) is 0 Å². The number of piperidine rings is 1. The highest BCUT2D eigenvalue weighted by atomic mass is 32.1. The number of nitrogens with zero attached hydrogens (tertiary/aromatic N) is 6. The van der Waals surface area contributed by atoms with Gasteiger partial charge in [-0.15, -0.1) is 0 Å². The van der Waals surface area contributed by atoms with Gasteiger partial charge in [0.2, 0.25) is 0 Å². The van der Waals surface area contributed by atoms with E-state index in [9.17, 15) is 13.6 Å². The van der Waals surface area contributed by atoms with E-state index in [1.54, 1.807) is 6.20 Å². The molecule has 2 fully saturated rings. The van der Waals surface area contributed by atoms with Crippen molar-refractivity contribution in [3.63, 3.8) is 0 Å². The van der Waals surface area contributed by atoms with Crippen LogP contribution >= 0.6 is 40.5 Å². The molecule has 186 valence electrons. The molecular weight excluding hydrogens is 510 g/mol. The summed E-state index contributed by atoms with van der Waals surface area (Å²) < 4.78 is 28.6. The molecule has 2 bridgehead atoms. The van der Waals surface area contributed by atoms with Crippen molar-refractivity contribution in [1.29, 1.82) is 0 Å². The first-order valence-electron chi connectivity index (χ1n) is 10.8. The summed E-state index contributed by atoms with van der Waals surface area (Å²) in [6.07, 6.45) is 3.65. The second-order valence-corrected chi connectivity index (χ2v) is 8.45. The minimum atomic E-state index is -2.70. The highest BCUT2D eigenvalue weighted by molar-refractivity contribution is 7.59. The van der Waals surface area contributed by atoms with Crippen molar-refractivity contribution >= 4 is 63.1 Å². The standard InChI is InChI=1S/C23H20F2N6O.3H2S/c24-21(25)17-11-19(31-23(29-17)27-12-28-31)15-8-6-14-7-9-18(15)30(14)22(32)16-5-1-3-13-4-2-10-26-20(13)16;;;/h1-5,10-12,14-15,18,21H,6-9H2;3*1H2/t14-,15-,18-;;;/m0.../s1. The fourth-order valence-corrected chi connectivity index (χ4v) is 5.46. The van der Waals surface area contributed by atoms with Crippen molar-refractivity contribution in [2.45, 2.75) is 50.1 Å². The zero-order valence-corrected chi connectivity index (χ0v) is 21.6. The van der Waals surface area contributed by atoms with Crippen LogP contribution in [-0.2, 0) is 0 Å². The molecule has 1 amide bonds. The Hall–Kier alpha value is -2.44. The maximum Gasteiger partial charge on any atom is 0.280 e. The van der Waals surface area contributed by atoms with Gasteiger partial charge in [-0.25, -0.2) is 18.3 Å². The molecular formula is C23H26F2N6OS3. The average Bonchev–Trinajstić information content (AvgIpc) is 3.41. The van der Waals surface area contributed by atoms with Crippen LogP contribution in [0.3, 0.4) is 0 Å². The van der Waals surface area contributed by atoms with Gasteiger partial charge in [-0.2, -0.15) is 50.6 Å².